The molecule has 0 fully saturated rings. The lowest BCUT2D eigenvalue weighted by Gasteiger charge is -2.10. The van der Waals surface area contributed by atoms with Crippen LogP contribution in [0.25, 0.3) is 10.9 Å². The van der Waals surface area contributed by atoms with Gasteiger partial charge in [-0.05, 0) is 30.2 Å². The molecule has 2 rings (SSSR count). The van der Waals surface area contributed by atoms with E-state index in [2.05, 4.69) is 4.98 Å². The third kappa shape index (κ3) is 2.31. The molecule has 0 amide bonds. The summed E-state index contributed by atoms with van der Waals surface area (Å²) in [6, 6.07) is 6.51. The molecule has 1 heterocycles. The second-order valence-electron chi connectivity index (χ2n) is 4.17. The van der Waals surface area contributed by atoms with E-state index in [0.29, 0.717) is 23.7 Å². The Morgan fingerprint density at radius 2 is 2.22 bits per heavy atom. The van der Waals surface area contributed by atoms with Crippen LogP contribution in [-0.2, 0) is 6.42 Å². The van der Waals surface area contributed by atoms with Crippen molar-refractivity contribution in [1.29, 1.82) is 0 Å². The molecule has 5 nitrogen and oxygen atoms in total. The molecule has 0 aliphatic carbocycles. The average Bonchev–Trinajstić information content (AvgIpc) is 2.38. The fourth-order valence-electron chi connectivity index (χ4n) is 1.94. The van der Waals surface area contributed by atoms with Crippen molar-refractivity contribution in [3.8, 4) is 0 Å². The number of rotatable bonds is 4. The summed E-state index contributed by atoms with van der Waals surface area (Å²) in [6.45, 7) is 1.89. The lowest BCUT2D eigenvalue weighted by molar-refractivity contribution is -0.383. The third-order valence-electron chi connectivity index (χ3n) is 2.95. The molecule has 18 heavy (non-hydrogen) atoms. The van der Waals surface area contributed by atoms with Crippen molar-refractivity contribution in [3.63, 3.8) is 0 Å². The van der Waals surface area contributed by atoms with Gasteiger partial charge in [-0.1, -0.05) is 6.92 Å². The minimum atomic E-state index is -0.448. The van der Waals surface area contributed by atoms with Crippen LogP contribution in [0.2, 0.25) is 0 Å². The first-order valence-corrected chi connectivity index (χ1v) is 5.82. The Labute approximate surface area is 104 Å². The molecule has 0 saturated heterocycles. The summed E-state index contributed by atoms with van der Waals surface area (Å²) in [5.41, 5.74) is 1.48. The summed E-state index contributed by atoms with van der Waals surface area (Å²) in [7, 11) is 0. The quantitative estimate of drug-likeness (QED) is 0.664. The summed E-state index contributed by atoms with van der Waals surface area (Å²) in [5, 5.41) is 21.1. The maximum Gasteiger partial charge on any atom is 0.278 e. The number of hydrogen-bond acceptors (Lipinski definition) is 4. The van der Waals surface area contributed by atoms with Crippen LogP contribution >= 0.6 is 0 Å². The van der Waals surface area contributed by atoms with Crippen molar-refractivity contribution in [2.24, 2.45) is 0 Å². The maximum absolute atomic E-state index is 10.9. The summed E-state index contributed by atoms with van der Waals surface area (Å²) in [5.74, 6) is 0. The van der Waals surface area contributed by atoms with Gasteiger partial charge in [0.05, 0.1) is 21.9 Å². The number of fused-ring (bicyclic) bond motifs is 1. The van der Waals surface area contributed by atoms with E-state index in [1.807, 2.05) is 6.92 Å². The molecule has 1 unspecified atom stereocenters. The molecular formula is C13H14N2O3. The zero-order valence-corrected chi connectivity index (χ0v) is 10.0. The first-order valence-electron chi connectivity index (χ1n) is 5.82. The Morgan fingerprint density at radius 3 is 2.89 bits per heavy atom. The first-order chi connectivity index (χ1) is 8.63. The maximum atomic E-state index is 10.9. The third-order valence-corrected chi connectivity index (χ3v) is 2.95. The number of nitro groups is 1. The number of nitrogens with zero attached hydrogens (tertiary/aromatic N) is 2. The van der Waals surface area contributed by atoms with Gasteiger partial charge in [0.15, 0.2) is 0 Å². The Kier molecular flexibility index (Phi) is 3.53. The standard InChI is InChI=1S/C13H14N2O3/c1-2-10(16)8-9-5-6-12(15(17)18)11-4-3-7-14-13(9)11/h3-7,10,16H,2,8H2,1H3. The number of aliphatic hydroxyl groups is 1. The zero-order chi connectivity index (χ0) is 13.1. The normalized spacial score (nSPS) is 12.6. The van der Waals surface area contributed by atoms with Crippen LogP contribution in [0.15, 0.2) is 30.5 Å². The predicted octanol–water partition coefficient (Wildman–Crippen LogP) is 2.46. The number of aliphatic hydroxyl groups excluding tert-OH is 1. The van der Waals surface area contributed by atoms with Gasteiger partial charge in [0, 0.05) is 18.7 Å². The van der Waals surface area contributed by atoms with Crippen molar-refractivity contribution in [3.05, 3.63) is 46.1 Å². The molecular weight excluding hydrogens is 232 g/mol. The van der Waals surface area contributed by atoms with Crippen LogP contribution < -0.4 is 0 Å². The van der Waals surface area contributed by atoms with Crippen molar-refractivity contribution in [2.45, 2.75) is 25.9 Å². The van der Waals surface area contributed by atoms with Gasteiger partial charge in [-0.15, -0.1) is 0 Å². The highest BCUT2D eigenvalue weighted by molar-refractivity contribution is 5.90. The van der Waals surface area contributed by atoms with Crippen LogP contribution in [0, 0.1) is 10.1 Å². The largest absolute Gasteiger partial charge is 0.393 e. The number of hydrogen-bond donors (Lipinski definition) is 1. The van der Waals surface area contributed by atoms with Crippen LogP contribution in [0.5, 0.6) is 0 Å². The van der Waals surface area contributed by atoms with E-state index < -0.39 is 11.0 Å². The number of benzene rings is 1. The van der Waals surface area contributed by atoms with Crippen LogP contribution in [0.3, 0.4) is 0 Å². The molecule has 94 valence electrons. The van der Waals surface area contributed by atoms with E-state index in [1.165, 1.54) is 6.07 Å². The van der Waals surface area contributed by atoms with Crippen molar-refractivity contribution >= 4 is 16.6 Å². The minimum absolute atomic E-state index is 0.0489. The number of pyridine rings is 1. The highest BCUT2D eigenvalue weighted by Gasteiger charge is 2.16. The smallest absolute Gasteiger partial charge is 0.278 e. The SMILES string of the molecule is CCC(O)Cc1ccc([N+](=O)[O-])c2cccnc12. The predicted molar refractivity (Wildman–Crippen MR) is 68.4 cm³/mol. The Morgan fingerprint density at radius 1 is 1.44 bits per heavy atom. The van der Waals surface area contributed by atoms with E-state index in [-0.39, 0.29) is 5.69 Å². The minimum Gasteiger partial charge on any atom is -0.393 e. The molecule has 0 aliphatic heterocycles. The van der Waals surface area contributed by atoms with Gasteiger partial charge in [0.25, 0.3) is 5.69 Å². The van der Waals surface area contributed by atoms with Crippen molar-refractivity contribution in [2.75, 3.05) is 0 Å². The Balaban J connectivity index is 2.57. The number of aromatic nitrogens is 1. The molecule has 5 heteroatoms. The molecule has 1 N–H and O–H groups in total. The van der Waals surface area contributed by atoms with Crippen molar-refractivity contribution in [1.82, 2.24) is 4.98 Å². The van der Waals surface area contributed by atoms with E-state index >= 15 is 0 Å². The summed E-state index contributed by atoms with van der Waals surface area (Å²) >= 11 is 0. The highest BCUT2D eigenvalue weighted by atomic mass is 16.6. The zero-order valence-electron chi connectivity index (χ0n) is 10.0. The van der Waals surface area contributed by atoms with E-state index in [4.69, 9.17) is 0 Å². The fourth-order valence-corrected chi connectivity index (χ4v) is 1.94. The molecule has 1 atom stereocenters. The monoisotopic (exact) mass is 246 g/mol. The molecule has 0 bridgehead atoms. The van der Waals surface area contributed by atoms with Gasteiger partial charge in [-0.3, -0.25) is 15.1 Å². The first kappa shape index (κ1) is 12.4. The van der Waals surface area contributed by atoms with Gasteiger partial charge in [0.1, 0.15) is 0 Å². The number of nitro benzene ring substituents is 1. The Bertz CT molecular complexity index is 583. The van der Waals surface area contributed by atoms with Gasteiger partial charge in [0.2, 0.25) is 0 Å². The molecule has 1 aromatic heterocycles. The van der Waals surface area contributed by atoms with Gasteiger partial charge < -0.3 is 5.11 Å². The van der Waals surface area contributed by atoms with E-state index in [1.54, 1.807) is 24.4 Å². The Hall–Kier alpha value is -2.01. The van der Waals surface area contributed by atoms with Gasteiger partial charge >= 0.3 is 0 Å². The van der Waals surface area contributed by atoms with Crippen LogP contribution in [0.4, 0.5) is 5.69 Å². The molecule has 1 aromatic carbocycles. The van der Waals surface area contributed by atoms with Crippen LogP contribution in [0.1, 0.15) is 18.9 Å². The highest BCUT2D eigenvalue weighted by Crippen LogP contribution is 2.27. The topological polar surface area (TPSA) is 76.3 Å². The summed E-state index contributed by atoms with van der Waals surface area (Å²) < 4.78 is 0. The van der Waals surface area contributed by atoms with E-state index in [9.17, 15) is 15.2 Å². The van der Waals surface area contributed by atoms with Crippen LogP contribution in [-0.4, -0.2) is 21.1 Å². The second-order valence-corrected chi connectivity index (χ2v) is 4.17. The fraction of sp³-hybridized carbons (Fsp3) is 0.308. The summed E-state index contributed by atoms with van der Waals surface area (Å²) in [6.07, 6.45) is 2.26. The van der Waals surface area contributed by atoms with Crippen molar-refractivity contribution < 1.29 is 10.0 Å². The average molecular weight is 246 g/mol. The second kappa shape index (κ2) is 5.10. The molecule has 0 radical (unpaired) electrons. The van der Waals surface area contributed by atoms with Gasteiger partial charge in [-0.25, -0.2) is 0 Å². The lowest BCUT2D eigenvalue weighted by Crippen LogP contribution is -2.09. The van der Waals surface area contributed by atoms with Gasteiger partial charge in [-0.2, -0.15) is 0 Å². The summed E-state index contributed by atoms with van der Waals surface area (Å²) in [4.78, 5) is 14.7. The number of non-ortho nitro benzene ring substituents is 1. The molecule has 0 aliphatic rings. The molecule has 0 saturated carbocycles. The molecule has 0 spiro atoms. The molecule has 2 aromatic rings. The lowest BCUT2D eigenvalue weighted by atomic mass is 10.0. The van der Waals surface area contributed by atoms with E-state index in [0.717, 1.165) is 5.56 Å².